The summed E-state index contributed by atoms with van der Waals surface area (Å²) in [5.74, 6) is -0.00932. The number of rotatable bonds is 7. The summed E-state index contributed by atoms with van der Waals surface area (Å²) in [5.41, 5.74) is 4.23. The van der Waals surface area contributed by atoms with Crippen LogP contribution >= 0.6 is 11.3 Å². The lowest BCUT2D eigenvalue weighted by molar-refractivity contribution is -0.115. The zero-order chi connectivity index (χ0) is 21.6. The number of pyridine rings is 1. The predicted molar refractivity (Wildman–Crippen MR) is 126 cm³/mol. The van der Waals surface area contributed by atoms with E-state index < -0.39 is 0 Å². The van der Waals surface area contributed by atoms with Gasteiger partial charge in [0.25, 0.3) is 0 Å². The Hall–Kier alpha value is -2.61. The Kier molecular flexibility index (Phi) is 7.06. The number of benzene rings is 1. The average molecular weight is 436 g/mol. The zero-order valence-corrected chi connectivity index (χ0v) is 19.0. The summed E-state index contributed by atoms with van der Waals surface area (Å²) in [6, 6.07) is 14.1. The first-order chi connectivity index (χ1) is 15.1. The molecule has 1 saturated heterocycles. The van der Waals surface area contributed by atoms with Gasteiger partial charge in [-0.1, -0.05) is 31.2 Å². The van der Waals surface area contributed by atoms with Crippen molar-refractivity contribution < 1.29 is 4.79 Å². The Morgan fingerprint density at radius 1 is 1.00 bits per heavy atom. The van der Waals surface area contributed by atoms with E-state index in [2.05, 4.69) is 39.2 Å². The van der Waals surface area contributed by atoms with E-state index in [1.165, 1.54) is 11.3 Å². The van der Waals surface area contributed by atoms with E-state index in [1.807, 2.05) is 36.5 Å². The van der Waals surface area contributed by atoms with Crippen molar-refractivity contribution in [1.29, 1.82) is 0 Å². The lowest BCUT2D eigenvalue weighted by Gasteiger charge is -2.34. The highest BCUT2D eigenvalue weighted by Crippen LogP contribution is 2.32. The molecule has 0 atom stereocenters. The normalized spacial score (nSPS) is 15.2. The van der Waals surface area contributed by atoms with Crippen LogP contribution in [0, 0.1) is 0 Å². The standard InChI is InChI=1S/C24H29N5OS/c1-3-20-8-4-5-10-23(20)29(19(2)30)24-26-22(18-31-24)17-28-14-12-27(13-15-28)16-21-9-6-7-11-25-21/h4-11,18H,3,12-17H2,1-2H3. The Morgan fingerprint density at radius 2 is 1.68 bits per heavy atom. The molecule has 1 aromatic carbocycles. The second kappa shape index (κ2) is 10.1. The summed E-state index contributed by atoms with van der Waals surface area (Å²) in [6.45, 7) is 9.50. The summed E-state index contributed by atoms with van der Waals surface area (Å²) in [4.78, 5) is 28.4. The fourth-order valence-corrected chi connectivity index (χ4v) is 4.83. The molecule has 0 bridgehead atoms. The molecule has 0 unspecified atom stereocenters. The Balaban J connectivity index is 1.38. The first-order valence-electron chi connectivity index (χ1n) is 10.8. The summed E-state index contributed by atoms with van der Waals surface area (Å²) in [5, 5.41) is 2.83. The second-order valence-corrected chi connectivity index (χ2v) is 8.67. The number of aromatic nitrogens is 2. The molecule has 7 heteroatoms. The van der Waals surface area contributed by atoms with Gasteiger partial charge in [-0.3, -0.25) is 24.5 Å². The van der Waals surface area contributed by atoms with E-state index in [4.69, 9.17) is 4.98 Å². The first kappa shape index (κ1) is 21.6. The van der Waals surface area contributed by atoms with E-state index >= 15 is 0 Å². The van der Waals surface area contributed by atoms with Gasteiger partial charge in [0.1, 0.15) is 0 Å². The van der Waals surface area contributed by atoms with Crippen LogP contribution in [0.1, 0.15) is 30.8 Å². The molecule has 0 N–H and O–H groups in total. The van der Waals surface area contributed by atoms with Gasteiger partial charge in [-0.15, -0.1) is 11.3 Å². The quantitative estimate of drug-likeness (QED) is 0.559. The lowest BCUT2D eigenvalue weighted by atomic mass is 10.1. The van der Waals surface area contributed by atoms with E-state index in [0.717, 1.165) is 73.5 Å². The molecule has 162 valence electrons. The van der Waals surface area contributed by atoms with Crippen LogP contribution in [0.15, 0.2) is 54.0 Å². The monoisotopic (exact) mass is 435 g/mol. The topological polar surface area (TPSA) is 52.6 Å². The number of carbonyl (C=O) groups is 1. The molecule has 31 heavy (non-hydrogen) atoms. The smallest absolute Gasteiger partial charge is 0.230 e. The minimum Gasteiger partial charge on any atom is -0.295 e. The van der Waals surface area contributed by atoms with Crippen molar-refractivity contribution in [3.05, 3.63) is 71.0 Å². The minimum atomic E-state index is -0.00932. The van der Waals surface area contributed by atoms with E-state index in [1.54, 1.807) is 11.8 Å². The van der Waals surface area contributed by atoms with Crippen molar-refractivity contribution in [3.8, 4) is 0 Å². The van der Waals surface area contributed by atoms with Crippen molar-refractivity contribution in [2.45, 2.75) is 33.4 Å². The molecule has 6 nitrogen and oxygen atoms in total. The number of nitrogens with zero attached hydrogens (tertiary/aromatic N) is 5. The molecule has 0 radical (unpaired) electrons. The number of hydrogen-bond donors (Lipinski definition) is 0. The maximum atomic E-state index is 12.5. The highest BCUT2D eigenvalue weighted by atomic mass is 32.1. The van der Waals surface area contributed by atoms with Crippen LogP contribution < -0.4 is 4.90 Å². The molecule has 0 aliphatic carbocycles. The maximum Gasteiger partial charge on any atom is 0.230 e. The van der Waals surface area contributed by atoms with Crippen LogP contribution in [0.2, 0.25) is 0 Å². The largest absolute Gasteiger partial charge is 0.295 e. The number of thiazole rings is 1. The third kappa shape index (κ3) is 5.36. The Labute approximate surface area is 188 Å². The summed E-state index contributed by atoms with van der Waals surface area (Å²) in [7, 11) is 0. The van der Waals surface area contributed by atoms with Crippen molar-refractivity contribution >= 4 is 28.1 Å². The molecule has 1 amide bonds. The number of amides is 1. The van der Waals surface area contributed by atoms with Crippen molar-refractivity contribution in [3.63, 3.8) is 0 Å². The van der Waals surface area contributed by atoms with E-state index in [-0.39, 0.29) is 5.91 Å². The van der Waals surface area contributed by atoms with Gasteiger partial charge in [-0.05, 0) is 30.2 Å². The molecule has 3 aromatic rings. The molecule has 0 spiro atoms. The molecule has 0 saturated carbocycles. The maximum absolute atomic E-state index is 12.5. The first-order valence-corrected chi connectivity index (χ1v) is 11.7. The van der Waals surface area contributed by atoms with E-state index in [0.29, 0.717) is 0 Å². The van der Waals surface area contributed by atoms with Crippen molar-refractivity contribution in [2.75, 3.05) is 31.1 Å². The van der Waals surface area contributed by atoms with Gasteiger partial charge in [0.05, 0.1) is 17.1 Å². The number of anilines is 2. The molecule has 1 aliphatic rings. The van der Waals surface area contributed by atoms with Crippen molar-refractivity contribution in [2.24, 2.45) is 0 Å². The van der Waals surface area contributed by atoms with Gasteiger partial charge in [-0.25, -0.2) is 4.98 Å². The average Bonchev–Trinajstić information content (AvgIpc) is 3.24. The highest BCUT2D eigenvalue weighted by Gasteiger charge is 2.22. The molecule has 1 aliphatic heterocycles. The van der Waals surface area contributed by atoms with Crippen LogP contribution in [0.5, 0.6) is 0 Å². The minimum absolute atomic E-state index is 0.00932. The fraction of sp³-hybridized carbons (Fsp3) is 0.375. The summed E-state index contributed by atoms with van der Waals surface area (Å²) >= 11 is 1.54. The van der Waals surface area contributed by atoms with Gasteiger partial charge in [-0.2, -0.15) is 0 Å². The lowest BCUT2D eigenvalue weighted by Crippen LogP contribution is -2.45. The highest BCUT2D eigenvalue weighted by molar-refractivity contribution is 7.14. The molecular formula is C24H29N5OS. The SMILES string of the molecule is CCc1ccccc1N(C(C)=O)c1nc(CN2CCN(Cc3ccccn3)CC2)cs1. The third-order valence-electron chi connectivity index (χ3n) is 5.62. The molecule has 3 heterocycles. The predicted octanol–water partition coefficient (Wildman–Crippen LogP) is 4.10. The number of hydrogen-bond acceptors (Lipinski definition) is 6. The zero-order valence-electron chi connectivity index (χ0n) is 18.2. The number of carbonyl (C=O) groups excluding carboxylic acids is 1. The van der Waals surface area contributed by atoms with Crippen LogP contribution in [-0.2, 0) is 24.3 Å². The third-order valence-corrected chi connectivity index (χ3v) is 6.50. The van der Waals surface area contributed by atoms with Gasteiger partial charge in [0, 0.05) is 57.8 Å². The Morgan fingerprint density at radius 3 is 2.32 bits per heavy atom. The Bertz CT molecular complexity index is 998. The van der Waals surface area contributed by atoms with Gasteiger partial charge in [0.2, 0.25) is 5.91 Å². The second-order valence-electron chi connectivity index (χ2n) is 7.83. The van der Waals surface area contributed by atoms with E-state index in [9.17, 15) is 4.79 Å². The number of aryl methyl sites for hydroxylation is 1. The summed E-state index contributed by atoms with van der Waals surface area (Å²) < 4.78 is 0. The van der Waals surface area contributed by atoms with Crippen LogP contribution in [0.3, 0.4) is 0 Å². The number of para-hydroxylation sites is 1. The van der Waals surface area contributed by atoms with Crippen molar-refractivity contribution in [1.82, 2.24) is 19.8 Å². The molecular weight excluding hydrogens is 406 g/mol. The summed E-state index contributed by atoms with van der Waals surface area (Å²) in [6.07, 6.45) is 2.73. The van der Waals surface area contributed by atoms with Gasteiger partial charge in [0.15, 0.2) is 5.13 Å². The number of piperazine rings is 1. The van der Waals surface area contributed by atoms with Gasteiger partial charge >= 0.3 is 0 Å². The van der Waals surface area contributed by atoms with Crippen LogP contribution in [0.4, 0.5) is 10.8 Å². The van der Waals surface area contributed by atoms with Crippen LogP contribution in [-0.4, -0.2) is 51.9 Å². The molecule has 1 fully saturated rings. The fourth-order valence-electron chi connectivity index (χ4n) is 3.96. The van der Waals surface area contributed by atoms with Gasteiger partial charge < -0.3 is 0 Å². The van der Waals surface area contributed by atoms with Crippen LogP contribution in [0.25, 0.3) is 0 Å². The molecule has 2 aromatic heterocycles. The molecule has 4 rings (SSSR count).